The molecule has 0 saturated carbocycles. The molecule has 2 aromatic carbocycles. The second-order valence-corrected chi connectivity index (χ2v) is 4.06. The Morgan fingerprint density at radius 3 is 2.15 bits per heavy atom. The van der Waals surface area contributed by atoms with Crippen molar-refractivity contribution >= 4 is 17.7 Å². The van der Waals surface area contributed by atoms with Crippen molar-refractivity contribution in [3.8, 4) is 0 Å². The van der Waals surface area contributed by atoms with E-state index >= 15 is 0 Å². The van der Waals surface area contributed by atoms with Crippen LogP contribution >= 0.6 is 0 Å². The van der Waals surface area contributed by atoms with E-state index in [0.29, 0.717) is 5.69 Å². The van der Waals surface area contributed by atoms with Crippen molar-refractivity contribution in [2.75, 3.05) is 5.32 Å². The van der Waals surface area contributed by atoms with Crippen molar-refractivity contribution < 1.29 is 14.4 Å². The largest absolute Gasteiger partial charge is 0.352 e. The summed E-state index contributed by atoms with van der Waals surface area (Å²) in [6, 6.07) is 17.4. The fraction of sp³-hybridized carbons (Fsp3) is 0.0667. The fourth-order valence-corrected chi connectivity index (χ4v) is 1.58. The third-order valence-electron chi connectivity index (χ3n) is 2.48. The van der Waals surface area contributed by atoms with Crippen LogP contribution in [0.25, 0.3) is 0 Å². The summed E-state index contributed by atoms with van der Waals surface area (Å²) in [4.78, 5) is 27.7. The molecule has 0 saturated heterocycles. The van der Waals surface area contributed by atoms with Crippen molar-refractivity contribution in [3.05, 3.63) is 66.2 Å². The highest BCUT2D eigenvalue weighted by atomic mass is 16.7. The minimum Gasteiger partial charge on any atom is -0.339 e. The molecule has 2 rings (SSSR count). The molecule has 102 valence electrons. The maximum Gasteiger partial charge on any atom is 0.352 e. The Balaban J connectivity index is 1.75. The number of rotatable bonds is 3. The number of urea groups is 1. The molecule has 0 aliphatic rings. The monoisotopic (exact) mass is 270 g/mol. The number of carbonyl (C=O) groups excluding carboxylic acids is 2. The van der Waals surface area contributed by atoms with E-state index in [1.165, 1.54) is 0 Å². The Kier molecular flexibility index (Phi) is 4.72. The number of nitrogens with one attached hydrogen (secondary N) is 2. The Bertz CT molecular complexity index is 517. The Hall–Kier alpha value is -2.82. The van der Waals surface area contributed by atoms with Crippen LogP contribution in [0.15, 0.2) is 60.7 Å². The molecule has 5 nitrogen and oxygen atoms in total. The molecule has 0 atom stereocenters. The van der Waals surface area contributed by atoms with E-state index in [2.05, 4.69) is 15.6 Å². The zero-order chi connectivity index (χ0) is 14.2. The Morgan fingerprint density at radius 2 is 1.50 bits per heavy atom. The van der Waals surface area contributed by atoms with Gasteiger partial charge in [-0.25, -0.2) is 9.59 Å². The number of para-hydroxylation sites is 1. The molecule has 0 heterocycles. The van der Waals surface area contributed by atoms with Crippen LogP contribution in [0.2, 0.25) is 0 Å². The highest BCUT2D eigenvalue weighted by molar-refractivity contribution is 5.89. The van der Waals surface area contributed by atoms with Gasteiger partial charge >= 0.3 is 12.0 Å². The summed E-state index contributed by atoms with van der Waals surface area (Å²) in [6.45, 7) is 0. The lowest BCUT2D eigenvalue weighted by atomic mass is 10.2. The van der Waals surface area contributed by atoms with E-state index in [9.17, 15) is 9.59 Å². The van der Waals surface area contributed by atoms with E-state index in [4.69, 9.17) is 0 Å². The molecular formula is C15H14N2O3. The summed E-state index contributed by atoms with van der Waals surface area (Å²) in [7, 11) is 0. The number of anilines is 1. The van der Waals surface area contributed by atoms with Gasteiger partial charge in [-0.15, -0.1) is 0 Å². The Labute approximate surface area is 116 Å². The number of hydrogen-bond donors (Lipinski definition) is 2. The van der Waals surface area contributed by atoms with Crippen LogP contribution in [0, 0.1) is 0 Å². The maximum absolute atomic E-state index is 11.5. The summed E-state index contributed by atoms with van der Waals surface area (Å²) in [5.74, 6) is -0.528. The lowest BCUT2D eigenvalue weighted by Gasteiger charge is -2.07. The van der Waals surface area contributed by atoms with Gasteiger partial charge in [-0.1, -0.05) is 48.5 Å². The quantitative estimate of drug-likeness (QED) is 0.842. The lowest BCUT2D eigenvalue weighted by Crippen LogP contribution is -2.31. The van der Waals surface area contributed by atoms with Crippen LogP contribution in [0.1, 0.15) is 5.56 Å². The summed E-state index contributed by atoms with van der Waals surface area (Å²) < 4.78 is 0. The molecule has 2 aromatic rings. The Morgan fingerprint density at radius 1 is 0.900 bits per heavy atom. The standard InChI is InChI=1S/C15H14N2O3/c18-14(11-12-7-3-1-4-8-12)20-17-15(19)16-13-9-5-2-6-10-13/h1-10H,11H2,(H2,16,17,19). The highest BCUT2D eigenvalue weighted by Crippen LogP contribution is 2.04. The van der Waals surface area contributed by atoms with E-state index in [1.54, 1.807) is 24.3 Å². The van der Waals surface area contributed by atoms with Crippen molar-refractivity contribution in [2.45, 2.75) is 6.42 Å². The first kappa shape index (κ1) is 13.6. The van der Waals surface area contributed by atoms with Gasteiger partial charge in [-0.3, -0.25) is 0 Å². The molecule has 0 aliphatic carbocycles. The van der Waals surface area contributed by atoms with Gasteiger partial charge in [0.05, 0.1) is 6.42 Å². The zero-order valence-corrected chi connectivity index (χ0v) is 10.7. The van der Waals surface area contributed by atoms with Gasteiger partial charge in [-0.05, 0) is 17.7 Å². The average Bonchev–Trinajstić information content (AvgIpc) is 2.47. The molecule has 0 aromatic heterocycles. The van der Waals surface area contributed by atoms with Gasteiger partial charge < -0.3 is 10.2 Å². The number of amides is 2. The average molecular weight is 270 g/mol. The molecular weight excluding hydrogens is 256 g/mol. The van der Waals surface area contributed by atoms with E-state index < -0.39 is 12.0 Å². The number of benzene rings is 2. The van der Waals surface area contributed by atoms with E-state index in [-0.39, 0.29) is 6.42 Å². The molecule has 2 N–H and O–H groups in total. The predicted molar refractivity (Wildman–Crippen MR) is 74.8 cm³/mol. The number of hydrogen-bond acceptors (Lipinski definition) is 3. The smallest absolute Gasteiger partial charge is 0.339 e. The molecule has 0 radical (unpaired) electrons. The van der Waals surface area contributed by atoms with Gasteiger partial charge in [0.2, 0.25) is 0 Å². The number of carbonyl (C=O) groups is 2. The second kappa shape index (κ2) is 6.94. The van der Waals surface area contributed by atoms with Crippen molar-refractivity contribution in [1.82, 2.24) is 5.48 Å². The van der Waals surface area contributed by atoms with Crippen LogP contribution in [0.4, 0.5) is 10.5 Å². The van der Waals surface area contributed by atoms with Crippen LogP contribution in [-0.4, -0.2) is 12.0 Å². The normalized spacial score (nSPS) is 9.60. The summed E-state index contributed by atoms with van der Waals surface area (Å²) >= 11 is 0. The zero-order valence-electron chi connectivity index (χ0n) is 10.7. The topological polar surface area (TPSA) is 67.4 Å². The second-order valence-electron chi connectivity index (χ2n) is 4.06. The number of hydroxylamine groups is 1. The fourth-order valence-electron chi connectivity index (χ4n) is 1.58. The predicted octanol–water partition coefficient (Wildman–Crippen LogP) is 2.51. The van der Waals surface area contributed by atoms with Crippen molar-refractivity contribution in [1.29, 1.82) is 0 Å². The van der Waals surface area contributed by atoms with E-state index in [1.807, 2.05) is 36.4 Å². The van der Waals surface area contributed by atoms with Crippen LogP contribution in [0.3, 0.4) is 0 Å². The summed E-state index contributed by atoms with van der Waals surface area (Å²) in [6.07, 6.45) is 0.104. The van der Waals surface area contributed by atoms with E-state index in [0.717, 1.165) is 5.56 Å². The molecule has 0 fully saturated rings. The molecule has 2 amide bonds. The van der Waals surface area contributed by atoms with Crippen LogP contribution in [0.5, 0.6) is 0 Å². The molecule has 0 spiro atoms. The SMILES string of the molecule is O=C(NOC(=O)Cc1ccccc1)Nc1ccccc1. The van der Waals surface area contributed by atoms with Crippen molar-refractivity contribution in [3.63, 3.8) is 0 Å². The minimum atomic E-state index is -0.599. The van der Waals surface area contributed by atoms with Crippen LogP contribution < -0.4 is 10.8 Å². The first-order chi connectivity index (χ1) is 9.74. The minimum absolute atomic E-state index is 0.104. The third kappa shape index (κ3) is 4.45. The van der Waals surface area contributed by atoms with Gasteiger partial charge in [0.25, 0.3) is 0 Å². The van der Waals surface area contributed by atoms with Crippen molar-refractivity contribution in [2.24, 2.45) is 0 Å². The molecule has 0 aliphatic heterocycles. The molecule has 5 heteroatoms. The molecule has 0 unspecified atom stereocenters. The van der Waals surface area contributed by atoms with Gasteiger partial charge in [0.15, 0.2) is 0 Å². The van der Waals surface area contributed by atoms with Crippen LogP contribution in [-0.2, 0) is 16.1 Å². The van der Waals surface area contributed by atoms with Gasteiger partial charge in [0.1, 0.15) is 0 Å². The molecule has 0 bridgehead atoms. The lowest BCUT2D eigenvalue weighted by molar-refractivity contribution is -0.147. The maximum atomic E-state index is 11.5. The van der Waals surface area contributed by atoms with Gasteiger partial charge in [0, 0.05) is 5.69 Å². The first-order valence-corrected chi connectivity index (χ1v) is 6.09. The molecule has 20 heavy (non-hydrogen) atoms. The highest BCUT2D eigenvalue weighted by Gasteiger charge is 2.07. The summed E-state index contributed by atoms with van der Waals surface area (Å²) in [5, 5.41) is 2.53. The third-order valence-corrected chi connectivity index (χ3v) is 2.48. The first-order valence-electron chi connectivity index (χ1n) is 6.09. The summed E-state index contributed by atoms with van der Waals surface area (Å²) in [5.41, 5.74) is 3.49. The van der Waals surface area contributed by atoms with Gasteiger partial charge in [-0.2, -0.15) is 5.48 Å².